The second-order valence-corrected chi connectivity index (χ2v) is 5.90. The van der Waals surface area contributed by atoms with Crippen molar-refractivity contribution in [1.82, 2.24) is 19.8 Å². The van der Waals surface area contributed by atoms with E-state index in [4.69, 9.17) is 0 Å². The molecule has 0 saturated carbocycles. The number of hydrogen-bond donors (Lipinski definition) is 1. The molecule has 0 unspecified atom stereocenters. The van der Waals surface area contributed by atoms with Gasteiger partial charge in [-0.2, -0.15) is 0 Å². The van der Waals surface area contributed by atoms with Crippen LogP contribution in [0.15, 0.2) is 29.3 Å². The number of nitrogens with one attached hydrogen (secondary N) is 1. The molecule has 0 fully saturated rings. The number of hydrogen-bond acceptors (Lipinski definition) is 2. The third kappa shape index (κ3) is 4.47. The van der Waals surface area contributed by atoms with Gasteiger partial charge in [0.1, 0.15) is 5.82 Å². The molecule has 5 heteroatoms. The molecule has 1 N–H and O–H groups in total. The second kappa shape index (κ2) is 8.56. The summed E-state index contributed by atoms with van der Waals surface area (Å²) in [7, 11) is 3.94. The summed E-state index contributed by atoms with van der Waals surface area (Å²) in [5.41, 5.74) is 2.29. The van der Waals surface area contributed by atoms with Crippen molar-refractivity contribution in [2.45, 2.75) is 39.7 Å². The van der Waals surface area contributed by atoms with Crippen molar-refractivity contribution < 1.29 is 0 Å². The van der Waals surface area contributed by atoms with E-state index in [-0.39, 0.29) is 0 Å². The lowest BCUT2D eigenvalue weighted by Gasteiger charge is -2.21. The molecule has 126 valence electrons. The fourth-order valence-electron chi connectivity index (χ4n) is 2.80. The Labute approximate surface area is 139 Å². The Kier molecular flexibility index (Phi) is 6.44. The molecule has 5 nitrogen and oxygen atoms in total. The summed E-state index contributed by atoms with van der Waals surface area (Å²) in [6.45, 7) is 7.21. The fourth-order valence-corrected chi connectivity index (χ4v) is 2.80. The summed E-state index contributed by atoms with van der Waals surface area (Å²) in [6.07, 6.45) is 3.44. The number of fused-ring (bicyclic) bond motifs is 1. The van der Waals surface area contributed by atoms with Crippen molar-refractivity contribution in [3.63, 3.8) is 0 Å². The maximum Gasteiger partial charge on any atom is 0.193 e. The first-order valence-electron chi connectivity index (χ1n) is 8.51. The van der Waals surface area contributed by atoms with E-state index in [0.717, 1.165) is 43.4 Å². The zero-order chi connectivity index (χ0) is 16.7. The number of para-hydroxylation sites is 2. The van der Waals surface area contributed by atoms with Crippen LogP contribution in [0, 0.1) is 6.92 Å². The first kappa shape index (κ1) is 17.3. The molecule has 1 aromatic carbocycles. The Morgan fingerprint density at radius 3 is 2.83 bits per heavy atom. The zero-order valence-corrected chi connectivity index (χ0v) is 14.8. The third-order valence-electron chi connectivity index (χ3n) is 4.11. The van der Waals surface area contributed by atoms with Crippen LogP contribution in [-0.4, -0.2) is 47.6 Å². The largest absolute Gasteiger partial charge is 0.356 e. The first-order valence-corrected chi connectivity index (χ1v) is 8.51. The monoisotopic (exact) mass is 315 g/mol. The lowest BCUT2D eigenvalue weighted by Crippen LogP contribution is -2.40. The Morgan fingerprint density at radius 1 is 1.30 bits per heavy atom. The van der Waals surface area contributed by atoms with Crippen LogP contribution in [0.4, 0.5) is 0 Å². The van der Waals surface area contributed by atoms with Gasteiger partial charge in [0.15, 0.2) is 5.96 Å². The minimum Gasteiger partial charge on any atom is -0.356 e. The number of benzene rings is 1. The number of aromatic nitrogens is 2. The Balaban J connectivity index is 1.85. The van der Waals surface area contributed by atoms with Gasteiger partial charge in [0.2, 0.25) is 0 Å². The molecule has 1 aromatic heterocycles. The summed E-state index contributed by atoms with van der Waals surface area (Å²) < 4.78 is 2.29. The third-order valence-corrected chi connectivity index (χ3v) is 4.11. The summed E-state index contributed by atoms with van der Waals surface area (Å²) in [4.78, 5) is 11.2. The lowest BCUT2D eigenvalue weighted by molar-refractivity contribution is 0.462. The predicted molar refractivity (Wildman–Crippen MR) is 98.0 cm³/mol. The quantitative estimate of drug-likeness (QED) is 0.485. The van der Waals surface area contributed by atoms with Crippen molar-refractivity contribution in [3.05, 3.63) is 30.1 Å². The van der Waals surface area contributed by atoms with Crippen LogP contribution < -0.4 is 5.32 Å². The second-order valence-electron chi connectivity index (χ2n) is 5.90. The molecule has 0 aliphatic rings. The zero-order valence-electron chi connectivity index (χ0n) is 14.8. The molecule has 1 heterocycles. The van der Waals surface area contributed by atoms with Gasteiger partial charge >= 0.3 is 0 Å². The molecule has 0 spiro atoms. The first-order chi connectivity index (χ1) is 11.2. The van der Waals surface area contributed by atoms with E-state index >= 15 is 0 Å². The topological polar surface area (TPSA) is 45.5 Å². The molecule has 0 amide bonds. The number of rotatable bonds is 7. The number of nitrogens with zero attached hydrogens (tertiary/aromatic N) is 4. The van der Waals surface area contributed by atoms with Crippen LogP contribution in [0.1, 0.15) is 32.0 Å². The van der Waals surface area contributed by atoms with Gasteiger partial charge in [-0.3, -0.25) is 4.99 Å². The normalized spacial score (nSPS) is 11.9. The van der Waals surface area contributed by atoms with E-state index in [9.17, 15) is 0 Å². The average Bonchev–Trinajstić information content (AvgIpc) is 2.88. The van der Waals surface area contributed by atoms with E-state index in [1.807, 2.05) is 13.1 Å². The molecule has 0 aliphatic heterocycles. The molecule has 0 bridgehead atoms. The fraction of sp³-hybridized carbons (Fsp3) is 0.556. The maximum absolute atomic E-state index is 4.62. The highest BCUT2D eigenvalue weighted by atomic mass is 15.3. The summed E-state index contributed by atoms with van der Waals surface area (Å²) in [5, 5.41) is 3.45. The standard InChI is InChI=1S/C18H29N5/c1-5-6-13-22(4)18(19-3)20-12-9-14-23-15(2)21-16-10-7-8-11-17(16)23/h7-8,10-11H,5-6,9,12-14H2,1-4H3,(H,19,20). The molecule has 0 saturated heterocycles. The van der Waals surface area contributed by atoms with Crippen molar-refractivity contribution in [2.24, 2.45) is 4.99 Å². The van der Waals surface area contributed by atoms with E-state index in [0.29, 0.717) is 0 Å². The molecular formula is C18H29N5. The van der Waals surface area contributed by atoms with Gasteiger partial charge in [0, 0.05) is 33.7 Å². The number of imidazole rings is 1. The molecule has 23 heavy (non-hydrogen) atoms. The molecule has 2 rings (SSSR count). The number of guanidine groups is 1. The molecular weight excluding hydrogens is 286 g/mol. The molecule has 0 radical (unpaired) electrons. The van der Waals surface area contributed by atoms with Crippen molar-refractivity contribution in [1.29, 1.82) is 0 Å². The van der Waals surface area contributed by atoms with Crippen LogP contribution in [0.5, 0.6) is 0 Å². The van der Waals surface area contributed by atoms with Gasteiger partial charge in [-0.25, -0.2) is 4.98 Å². The Bertz CT molecular complexity index is 644. The number of unbranched alkanes of at least 4 members (excludes halogenated alkanes) is 1. The van der Waals surface area contributed by atoms with Crippen molar-refractivity contribution in [2.75, 3.05) is 27.2 Å². The minimum atomic E-state index is 0.912. The van der Waals surface area contributed by atoms with Gasteiger partial charge in [-0.1, -0.05) is 25.5 Å². The van der Waals surface area contributed by atoms with Crippen LogP contribution in [0.2, 0.25) is 0 Å². The SMILES string of the molecule is CCCCN(C)C(=NC)NCCCn1c(C)nc2ccccc21. The highest BCUT2D eigenvalue weighted by Crippen LogP contribution is 2.15. The molecule has 2 aromatic rings. The van der Waals surface area contributed by atoms with Crippen LogP contribution in [0.3, 0.4) is 0 Å². The van der Waals surface area contributed by atoms with Crippen molar-refractivity contribution >= 4 is 17.0 Å². The van der Waals surface area contributed by atoms with E-state index in [1.165, 1.54) is 18.4 Å². The van der Waals surface area contributed by atoms with E-state index in [2.05, 4.69) is 63.9 Å². The van der Waals surface area contributed by atoms with Crippen molar-refractivity contribution in [3.8, 4) is 0 Å². The van der Waals surface area contributed by atoms with Crippen LogP contribution >= 0.6 is 0 Å². The van der Waals surface area contributed by atoms with Gasteiger partial charge < -0.3 is 14.8 Å². The number of aliphatic imine (C=N–C) groups is 1. The van der Waals surface area contributed by atoms with Gasteiger partial charge in [0.05, 0.1) is 11.0 Å². The average molecular weight is 315 g/mol. The smallest absolute Gasteiger partial charge is 0.193 e. The van der Waals surface area contributed by atoms with E-state index in [1.54, 1.807) is 0 Å². The van der Waals surface area contributed by atoms with Crippen LogP contribution in [-0.2, 0) is 6.54 Å². The highest BCUT2D eigenvalue weighted by molar-refractivity contribution is 5.79. The van der Waals surface area contributed by atoms with Gasteiger partial charge in [0.25, 0.3) is 0 Å². The predicted octanol–water partition coefficient (Wildman–Crippen LogP) is 3.04. The highest BCUT2D eigenvalue weighted by Gasteiger charge is 2.07. The Hall–Kier alpha value is -2.04. The number of aryl methyl sites for hydroxylation is 2. The maximum atomic E-state index is 4.62. The summed E-state index contributed by atoms with van der Waals surface area (Å²) >= 11 is 0. The summed E-state index contributed by atoms with van der Waals surface area (Å²) in [6, 6.07) is 8.32. The summed E-state index contributed by atoms with van der Waals surface area (Å²) in [5.74, 6) is 2.06. The lowest BCUT2D eigenvalue weighted by atomic mass is 10.3. The molecule has 0 aliphatic carbocycles. The van der Waals surface area contributed by atoms with Crippen LogP contribution in [0.25, 0.3) is 11.0 Å². The Morgan fingerprint density at radius 2 is 2.09 bits per heavy atom. The van der Waals surface area contributed by atoms with Gasteiger partial charge in [-0.05, 0) is 31.9 Å². The minimum absolute atomic E-state index is 0.912. The molecule has 0 atom stereocenters. The van der Waals surface area contributed by atoms with E-state index < -0.39 is 0 Å². The van der Waals surface area contributed by atoms with Gasteiger partial charge in [-0.15, -0.1) is 0 Å².